The molecule has 1 atom stereocenters. The molecule has 1 rings (SSSR count). The van der Waals surface area contributed by atoms with Gasteiger partial charge >= 0.3 is 0 Å². The Bertz CT molecular complexity index is 123. The van der Waals surface area contributed by atoms with Gasteiger partial charge in [0.05, 0.1) is 11.8 Å². The van der Waals surface area contributed by atoms with Crippen LogP contribution < -0.4 is 11.1 Å². The summed E-state index contributed by atoms with van der Waals surface area (Å²) in [4.78, 5) is 10.4. The molecule has 0 aromatic heterocycles. The Hall–Kier alpha value is -0.220. The summed E-state index contributed by atoms with van der Waals surface area (Å²) in [6.45, 7) is 1.02. The maximum absolute atomic E-state index is 10.4. The van der Waals surface area contributed by atoms with Crippen LogP contribution in [0.3, 0.4) is 0 Å². The minimum atomic E-state index is -0.216. The number of thioether (sulfide) groups is 1. The Morgan fingerprint density at radius 3 is 3.10 bits per heavy atom. The number of amides is 1. The monoisotopic (exact) mass is 160 g/mol. The standard InChI is InChI=1S/C6H12N2OS/c7-5(9)4-6-8-2-1-3-10-6/h6,8H,1-4H2,(H2,7,9). The molecule has 58 valence electrons. The zero-order valence-corrected chi connectivity index (χ0v) is 6.62. The number of nitrogens with one attached hydrogen (secondary N) is 1. The lowest BCUT2D eigenvalue weighted by Crippen LogP contribution is -2.35. The van der Waals surface area contributed by atoms with E-state index in [9.17, 15) is 4.79 Å². The first kappa shape index (κ1) is 7.88. The summed E-state index contributed by atoms with van der Waals surface area (Å²) < 4.78 is 0. The second-order valence-corrected chi connectivity index (χ2v) is 3.65. The van der Waals surface area contributed by atoms with Gasteiger partial charge in [-0.1, -0.05) is 0 Å². The van der Waals surface area contributed by atoms with Gasteiger partial charge in [0.1, 0.15) is 0 Å². The lowest BCUT2D eigenvalue weighted by molar-refractivity contribution is -0.118. The van der Waals surface area contributed by atoms with E-state index in [1.165, 1.54) is 6.42 Å². The van der Waals surface area contributed by atoms with Gasteiger partial charge < -0.3 is 11.1 Å². The summed E-state index contributed by atoms with van der Waals surface area (Å²) in [6.07, 6.45) is 1.66. The van der Waals surface area contributed by atoms with Crippen LogP contribution in [0.2, 0.25) is 0 Å². The zero-order valence-electron chi connectivity index (χ0n) is 5.80. The van der Waals surface area contributed by atoms with Crippen LogP contribution in [0.25, 0.3) is 0 Å². The minimum absolute atomic E-state index is 0.216. The van der Waals surface area contributed by atoms with Crippen LogP contribution in [-0.2, 0) is 4.79 Å². The third-order valence-electron chi connectivity index (χ3n) is 1.40. The third-order valence-corrected chi connectivity index (χ3v) is 2.66. The second kappa shape index (κ2) is 3.83. The molecule has 0 spiro atoms. The fraction of sp³-hybridized carbons (Fsp3) is 0.833. The summed E-state index contributed by atoms with van der Waals surface area (Å²) in [5, 5.41) is 3.48. The van der Waals surface area contributed by atoms with Gasteiger partial charge in [-0.05, 0) is 18.7 Å². The number of carbonyl (C=O) groups is 1. The van der Waals surface area contributed by atoms with Crippen molar-refractivity contribution in [2.45, 2.75) is 18.2 Å². The van der Waals surface area contributed by atoms with Crippen LogP contribution in [0.15, 0.2) is 0 Å². The first-order chi connectivity index (χ1) is 4.79. The zero-order chi connectivity index (χ0) is 7.40. The summed E-state index contributed by atoms with van der Waals surface area (Å²) in [5.41, 5.74) is 5.03. The number of carbonyl (C=O) groups excluding carboxylic acids is 1. The fourth-order valence-electron chi connectivity index (χ4n) is 0.934. The average molecular weight is 160 g/mol. The number of primary amides is 1. The molecule has 0 aromatic rings. The van der Waals surface area contributed by atoms with Crippen LogP contribution in [0.4, 0.5) is 0 Å². The molecular formula is C6H12N2OS. The van der Waals surface area contributed by atoms with E-state index in [0.717, 1.165) is 12.3 Å². The summed E-state index contributed by atoms with van der Waals surface area (Å²) >= 11 is 1.78. The van der Waals surface area contributed by atoms with E-state index in [-0.39, 0.29) is 11.3 Å². The van der Waals surface area contributed by atoms with Crippen molar-refractivity contribution < 1.29 is 4.79 Å². The molecule has 3 N–H and O–H groups in total. The highest BCUT2D eigenvalue weighted by atomic mass is 32.2. The molecule has 0 radical (unpaired) electrons. The first-order valence-electron chi connectivity index (χ1n) is 3.42. The van der Waals surface area contributed by atoms with Crippen molar-refractivity contribution >= 4 is 17.7 Å². The highest BCUT2D eigenvalue weighted by molar-refractivity contribution is 7.99. The van der Waals surface area contributed by atoms with E-state index < -0.39 is 0 Å². The molecule has 0 saturated carbocycles. The highest BCUT2D eigenvalue weighted by Crippen LogP contribution is 2.16. The molecule has 10 heavy (non-hydrogen) atoms. The van der Waals surface area contributed by atoms with Crippen molar-refractivity contribution in [3.05, 3.63) is 0 Å². The minimum Gasteiger partial charge on any atom is -0.370 e. The summed E-state index contributed by atoms with van der Waals surface area (Å²) in [7, 11) is 0. The molecule has 0 bridgehead atoms. The topological polar surface area (TPSA) is 55.1 Å². The molecule has 1 unspecified atom stereocenters. The maximum Gasteiger partial charge on any atom is 0.219 e. The predicted molar refractivity (Wildman–Crippen MR) is 42.7 cm³/mol. The fourth-order valence-corrected chi connectivity index (χ4v) is 2.05. The molecule has 0 aliphatic carbocycles. The Morgan fingerprint density at radius 2 is 2.60 bits per heavy atom. The van der Waals surface area contributed by atoms with Crippen molar-refractivity contribution in [3.63, 3.8) is 0 Å². The van der Waals surface area contributed by atoms with Crippen molar-refractivity contribution in [3.8, 4) is 0 Å². The van der Waals surface area contributed by atoms with E-state index in [0.29, 0.717) is 6.42 Å². The van der Waals surface area contributed by atoms with Gasteiger partial charge in [-0.25, -0.2) is 0 Å². The van der Waals surface area contributed by atoms with Gasteiger partial charge in [-0.15, -0.1) is 11.8 Å². The number of nitrogens with two attached hydrogens (primary N) is 1. The van der Waals surface area contributed by atoms with Crippen LogP contribution in [0, 0.1) is 0 Å². The predicted octanol–water partition coefficient (Wildman–Crippen LogP) is -0.0856. The lowest BCUT2D eigenvalue weighted by atomic mass is 10.4. The summed E-state index contributed by atoms with van der Waals surface area (Å²) in [5.74, 6) is 0.928. The summed E-state index contributed by atoms with van der Waals surface area (Å²) in [6, 6.07) is 0. The quantitative estimate of drug-likeness (QED) is 0.594. The van der Waals surface area contributed by atoms with Gasteiger partial charge in [-0.3, -0.25) is 4.79 Å². The number of hydrogen-bond donors (Lipinski definition) is 2. The Balaban J connectivity index is 2.19. The number of hydrogen-bond acceptors (Lipinski definition) is 3. The smallest absolute Gasteiger partial charge is 0.219 e. The van der Waals surface area contributed by atoms with Crippen LogP contribution in [0.5, 0.6) is 0 Å². The molecule has 1 fully saturated rings. The van der Waals surface area contributed by atoms with Crippen molar-refractivity contribution in [1.29, 1.82) is 0 Å². The van der Waals surface area contributed by atoms with E-state index in [1.54, 1.807) is 11.8 Å². The first-order valence-corrected chi connectivity index (χ1v) is 4.47. The molecule has 4 heteroatoms. The SMILES string of the molecule is NC(=O)CC1NCCCS1. The van der Waals surface area contributed by atoms with Gasteiger partial charge in [-0.2, -0.15) is 0 Å². The van der Waals surface area contributed by atoms with Gasteiger partial charge in [0, 0.05) is 0 Å². The largest absolute Gasteiger partial charge is 0.370 e. The van der Waals surface area contributed by atoms with Crippen molar-refractivity contribution in [2.24, 2.45) is 5.73 Å². The Morgan fingerprint density at radius 1 is 1.80 bits per heavy atom. The van der Waals surface area contributed by atoms with Gasteiger partial charge in [0.25, 0.3) is 0 Å². The molecule has 3 nitrogen and oxygen atoms in total. The molecular weight excluding hydrogens is 148 g/mol. The number of rotatable bonds is 2. The lowest BCUT2D eigenvalue weighted by Gasteiger charge is -2.21. The van der Waals surface area contributed by atoms with Gasteiger partial charge in [0.15, 0.2) is 0 Å². The second-order valence-electron chi connectivity index (χ2n) is 2.34. The Kier molecular flexibility index (Phi) is 3.02. The Labute approximate surface area is 64.7 Å². The molecule has 1 aliphatic rings. The molecule has 1 heterocycles. The van der Waals surface area contributed by atoms with E-state index >= 15 is 0 Å². The maximum atomic E-state index is 10.4. The normalized spacial score (nSPS) is 26.2. The van der Waals surface area contributed by atoms with Crippen molar-refractivity contribution in [1.82, 2.24) is 5.32 Å². The highest BCUT2D eigenvalue weighted by Gasteiger charge is 2.14. The van der Waals surface area contributed by atoms with Crippen LogP contribution >= 0.6 is 11.8 Å². The van der Waals surface area contributed by atoms with Crippen LogP contribution in [0.1, 0.15) is 12.8 Å². The van der Waals surface area contributed by atoms with Crippen molar-refractivity contribution in [2.75, 3.05) is 12.3 Å². The van der Waals surface area contributed by atoms with E-state index in [4.69, 9.17) is 5.73 Å². The van der Waals surface area contributed by atoms with E-state index in [2.05, 4.69) is 5.32 Å². The molecule has 1 aliphatic heterocycles. The molecule has 1 saturated heterocycles. The van der Waals surface area contributed by atoms with Gasteiger partial charge in [0.2, 0.25) is 5.91 Å². The van der Waals surface area contributed by atoms with Crippen LogP contribution in [-0.4, -0.2) is 23.6 Å². The van der Waals surface area contributed by atoms with E-state index in [1.807, 2.05) is 0 Å². The third kappa shape index (κ3) is 2.58. The average Bonchev–Trinajstić information content (AvgIpc) is 1.88. The molecule has 1 amide bonds. The molecule has 0 aromatic carbocycles.